The molecular formula is C15H16N2O4. The lowest BCUT2D eigenvalue weighted by Gasteiger charge is -2.18. The van der Waals surface area contributed by atoms with Crippen LogP contribution in [0.15, 0.2) is 34.7 Å². The van der Waals surface area contributed by atoms with Crippen LogP contribution in [-0.2, 0) is 0 Å². The molecule has 0 aliphatic carbocycles. The standard InChI is InChI=1S/C15H16N2O4/c18-7-5-17(6-8-19)15(20)13-9-12-14(21-13)10-3-1-2-4-11(10)16-12/h1-4,9,16,18-19H,5-8H2. The summed E-state index contributed by atoms with van der Waals surface area (Å²) in [6, 6.07) is 9.35. The van der Waals surface area contributed by atoms with Crippen LogP contribution in [0.2, 0.25) is 0 Å². The van der Waals surface area contributed by atoms with Crippen LogP contribution in [0.4, 0.5) is 0 Å². The Labute approximate surface area is 120 Å². The average Bonchev–Trinajstić information content (AvgIpc) is 3.04. The molecular weight excluding hydrogens is 272 g/mol. The number of H-pyrrole nitrogens is 1. The van der Waals surface area contributed by atoms with Gasteiger partial charge < -0.3 is 24.5 Å². The van der Waals surface area contributed by atoms with Crippen LogP contribution >= 0.6 is 0 Å². The van der Waals surface area contributed by atoms with Crippen molar-refractivity contribution in [3.63, 3.8) is 0 Å². The number of rotatable bonds is 5. The van der Waals surface area contributed by atoms with Gasteiger partial charge in [0.15, 0.2) is 11.3 Å². The number of furan rings is 1. The molecule has 0 radical (unpaired) electrons. The number of hydrogen-bond acceptors (Lipinski definition) is 4. The van der Waals surface area contributed by atoms with Crippen molar-refractivity contribution in [1.29, 1.82) is 0 Å². The maximum Gasteiger partial charge on any atom is 0.289 e. The Balaban J connectivity index is 1.98. The number of amides is 1. The summed E-state index contributed by atoms with van der Waals surface area (Å²) in [5.41, 5.74) is 2.35. The number of benzene rings is 1. The number of fused-ring (bicyclic) bond motifs is 3. The number of carbonyl (C=O) groups is 1. The highest BCUT2D eigenvalue weighted by atomic mass is 16.3. The number of para-hydroxylation sites is 1. The molecule has 6 heteroatoms. The topological polar surface area (TPSA) is 89.7 Å². The Kier molecular flexibility index (Phi) is 3.64. The van der Waals surface area contributed by atoms with Crippen molar-refractivity contribution in [2.75, 3.05) is 26.3 Å². The fourth-order valence-electron chi connectivity index (χ4n) is 2.44. The van der Waals surface area contributed by atoms with Gasteiger partial charge in [0.2, 0.25) is 0 Å². The molecule has 0 saturated heterocycles. The molecule has 3 aromatic rings. The number of aliphatic hydroxyl groups is 2. The maximum absolute atomic E-state index is 12.3. The van der Waals surface area contributed by atoms with Crippen LogP contribution < -0.4 is 0 Å². The van der Waals surface area contributed by atoms with E-state index in [2.05, 4.69) is 4.98 Å². The number of hydrogen-bond donors (Lipinski definition) is 3. The third-order valence-corrected chi connectivity index (χ3v) is 3.41. The highest BCUT2D eigenvalue weighted by Crippen LogP contribution is 2.28. The molecule has 1 amide bonds. The summed E-state index contributed by atoms with van der Waals surface area (Å²) < 4.78 is 5.67. The summed E-state index contributed by atoms with van der Waals surface area (Å²) in [5.74, 6) is -0.143. The maximum atomic E-state index is 12.3. The molecule has 0 spiro atoms. The molecule has 0 aliphatic rings. The van der Waals surface area contributed by atoms with E-state index in [-0.39, 0.29) is 38.0 Å². The molecule has 0 bridgehead atoms. The highest BCUT2D eigenvalue weighted by Gasteiger charge is 2.20. The molecule has 0 saturated carbocycles. The number of aromatic nitrogens is 1. The van der Waals surface area contributed by atoms with E-state index in [1.807, 2.05) is 24.3 Å². The number of nitrogens with one attached hydrogen (secondary N) is 1. The number of nitrogens with zero attached hydrogens (tertiary/aromatic N) is 1. The van der Waals surface area contributed by atoms with Gasteiger partial charge in [-0.2, -0.15) is 0 Å². The minimum atomic E-state index is -0.341. The number of aliphatic hydroxyl groups excluding tert-OH is 2. The quantitative estimate of drug-likeness (QED) is 0.661. The predicted octanol–water partition coefficient (Wildman–Crippen LogP) is 1.34. The van der Waals surface area contributed by atoms with Crippen LogP contribution in [0.25, 0.3) is 22.0 Å². The molecule has 6 nitrogen and oxygen atoms in total. The SMILES string of the molecule is O=C(c1cc2[nH]c3ccccc3c2o1)N(CCO)CCO. The van der Waals surface area contributed by atoms with Gasteiger partial charge in [-0.15, -0.1) is 0 Å². The Morgan fingerprint density at radius 1 is 1.14 bits per heavy atom. The van der Waals surface area contributed by atoms with Gasteiger partial charge in [0.05, 0.1) is 18.7 Å². The Bertz CT molecular complexity index is 768. The second-order valence-electron chi connectivity index (χ2n) is 4.76. The molecule has 110 valence electrons. The monoisotopic (exact) mass is 288 g/mol. The zero-order chi connectivity index (χ0) is 14.8. The Morgan fingerprint density at radius 3 is 2.57 bits per heavy atom. The first-order chi connectivity index (χ1) is 10.2. The third-order valence-electron chi connectivity index (χ3n) is 3.41. The lowest BCUT2D eigenvalue weighted by atomic mass is 10.2. The van der Waals surface area contributed by atoms with Crippen LogP contribution in [0.5, 0.6) is 0 Å². The Morgan fingerprint density at radius 2 is 1.86 bits per heavy atom. The first kappa shape index (κ1) is 13.7. The molecule has 0 unspecified atom stereocenters. The van der Waals surface area contributed by atoms with Crippen molar-refractivity contribution in [2.24, 2.45) is 0 Å². The van der Waals surface area contributed by atoms with Gasteiger partial charge in [-0.25, -0.2) is 0 Å². The van der Waals surface area contributed by atoms with Gasteiger partial charge >= 0.3 is 0 Å². The van der Waals surface area contributed by atoms with Crippen molar-refractivity contribution in [2.45, 2.75) is 0 Å². The van der Waals surface area contributed by atoms with Crippen molar-refractivity contribution < 1.29 is 19.4 Å². The molecule has 3 N–H and O–H groups in total. The second-order valence-corrected chi connectivity index (χ2v) is 4.76. The summed E-state index contributed by atoms with van der Waals surface area (Å²) >= 11 is 0. The van der Waals surface area contributed by atoms with Gasteiger partial charge in [0.25, 0.3) is 5.91 Å². The summed E-state index contributed by atoms with van der Waals surface area (Å²) in [4.78, 5) is 16.9. The van der Waals surface area contributed by atoms with E-state index in [9.17, 15) is 4.79 Å². The van der Waals surface area contributed by atoms with Gasteiger partial charge in [0.1, 0.15) is 0 Å². The van der Waals surface area contributed by atoms with Crippen molar-refractivity contribution in [1.82, 2.24) is 9.88 Å². The third kappa shape index (κ3) is 2.39. The van der Waals surface area contributed by atoms with Gasteiger partial charge in [0, 0.05) is 30.1 Å². The molecule has 0 aliphatic heterocycles. The minimum absolute atomic E-state index is 0.159. The van der Waals surface area contributed by atoms with Gasteiger partial charge in [-0.3, -0.25) is 4.79 Å². The number of aromatic amines is 1. The van der Waals surface area contributed by atoms with Crippen LogP contribution in [0.3, 0.4) is 0 Å². The smallest absolute Gasteiger partial charge is 0.289 e. The van der Waals surface area contributed by atoms with Gasteiger partial charge in [-0.05, 0) is 12.1 Å². The summed E-state index contributed by atoms with van der Waals surface area (Å²) in [5, 5.41) is 18.9. The van der Waals surface area contributed by atoms with E-state index >= 15 is 0 Å². The molecule has 2 heterocycles. The van der Waals surface area contributed by atoms with E-state index in [0.29, 0.717) is 5.58 Å². The molecule has 2 aromatic heterocycles. The van der Waals surface area contributed by atoms with Gasteiger partial charge in [-0.1, -0.05) is 12.1 Å². The lowest BCUT2D eigenvalue weighted by molar-refractivity contribution is 0.0656. The number of carbonyl (C=O) groups excluding carboxylic acids is 1. The summed E-state index contributed by atoms with van der Waals surface area (Å²) in [7, 11) is 0. The summed E-state index contributed by atoms with van der Waals surface area (Å²) in [6.07, 6.45) is 0. The fraction of sp³-hybridized carbons (Fsp3) is 0.267. The van der Waals surface area contributed by atoms with E-state index in [4.69, 9.17) is 14.6 Å². The Hall–Kier alpha value is -2.31. The van der Waals surface area contributed by atoms with Crippen LogP contribution in [0.1, 0.15) is 10.6 Å². The molecule has 3 rings (SSSR count). The van der Waals surface area contributed by atoms with Crippen LogP contribution in [-0.4, -0.2) is 52.3 Å². The van der Waals surface area contributed by atoms with E-state index in [1.165, 1.54) is 4.90 Å². The molecule has 21 heavy (non-hydrogen) atoms. The molecule has 0 fully saturated rings. The zero-order valence-electron chi connectivity index (χ0n) is 11.4. The molecule has 0 atom stereocenters. The van der Waals surface area contributed by atoms with Crippen LogP contribution in [0, 0.1) is 0 Å². The molecule has 1 aromatic carbocycles. The second kappa shape index (κ2) is 5.59. The van der Waals surface area contributed by atoms with E-state index in [0.717, 1.165) is 16.4 Å². The lowest BCUT2D eigenvalue weighted by Crippen LogP contribution is -2.35. The highest BCUT2D eigenvalue weighted by molar-refractivity contribution is 6.06. The van der Waals surface area contributed by atoms with Crippen molar-refractivity contribution in [3.05, 3.63) is 36.1 Å². The summed E-state index contributed by atoms with van der Waals surface area (Å²) in [6.45, 7) is 0.00401. The average molecular weight is 288 g/mol. The first-order valence-corrected chi connectivity index (χ1v) is 6.76. The normalized spacial score (nSPS) is 11.3. The minimum Gasteiger partial charge on any atom is -0.449 e. The zero-order valence-corrected chi connectivity index (χ0v) is 11.4. The predicted molar refractivity (Wildman–Crippen MR) is 78.1 cm³/mol. The van der Waals surface area contributed by atoms with E-state index in [1.54, 1.807) is 6.07 Å². The largest absolute Gasteiger partial charge is 0.449 e. The first-order valence-electron chi connectivity index (χ1n) is 6.76. The van der Waals surface area contributed by atoms with E-state index < -0.39 is 0 Å². The van der Waals surface area contributed by atoms with Crippen molar-refractivity contribution in [3.8, 4) is 0 Å². The fourth-order valence-corrected chi connectivity index (χ4v) is 2.44. The van der Waals surface area contributed by atoms with Crippen molar-refractivity contribution >= 4 is 27.9 Å².